The van der Waals surface area contributed by atoms with Crippen LogP contribution in [-0.4, -0.2) is 0 Å². The summed E-state index contributed by atoms with van der Waals surface area (Å²) < 4.78 is 0. The first-order valence-corrected chi connectivity index (χ1v) is 18.7. The third-order valence-electron chi connectivity index (χ3n) is 9.57. The highest BCUT2D eigenvalue weighted by Crippen LogP contribution is 2.39. The Bertz CT molecular complexity index is 2240. The number of hydrogen-bond acceptors (Lipinski definition) is 1. The number of benzene rings is 4. The maximum Gasteiger partial charge on any atom is 0.0493 e. The first kappa shape index (κ1) is 40.5. The number of unbranched alkanes of at least 4 members (excludes halogenated alkanes) is 1. The Labute approximate surface area is 325 Å². The second-order valence-corrected chi connectivity index (χ2v) is 13.3. The van der Waals surface area contributed by atoms with E-state index >= 15 is 0 Å². The fraction of sp³-hybridized carbons (Fsp3) is 0.170. The van der Waals surface area contributed by atoms with Crippen molar-refractivity contribution in [2.45, 2.75) is 60.8 Å². The van der Waals surface area contributed by atoms with Gasteiger partial charge in [-0.25, -0.2) is 0 Å². The van der Waals surface area contributed by atoms with Crippen LogP contribution >= 0.6 is 0 Å². The van der Waals surface area contributed by atoms with E-state index in [9.17, 15) is 0 Å². The van der Waals surface area contributed by atoms with Gasteiger partial charge in [0.15, 0.2) is 0 Å². The van der Waals surface area contributed by atoms with Gasteiger partial charge in [-0.05, 0) is 128 Å². The van der Waals surface area contributed by atoms with E-state index in [1.807, 2.05) is 25.1 Å². The van der Waals surface area contributed by atoms with Crippen molar-refractivity contribution >= 4 is 28.7 Å². The van der Waals surface area contributed by atoms with Crippen LogP contribution in [0.5, 0.6) is 0 Å². The van der Waals surface area contributed by atoms with Crippen LogP contribution in [0, 0.1) is 38.0 Å². The van der Waals surface area contributed by atoms with Crippen LogP contribution in [0.3, 0.4) is 0 Å². The summed E-state index contributed by atoms with van der Waals surface area (Å²) in [5.74, 6) is 9.39. The zero-order valence-corrected chi connectivity index (χ0v) is 33.0. The molecule has 1 nitrogen and oxygen atoms in total. The Morgan fingerprint density at radius 1 is 0.852 bits per heavy atom. The fourth-order valence-electron chi connectivity index (χ4n) is 6.65. The van der Waals surface area contributed by atoms with Crippen molar-refractivity contribution in [1.29, 1.82) is 0 Å². The van der Waals surface area contributed by atoms with Gasteiger partial charge in [0.05, 0.1) is 0 Å². The largest absolute Gasteiger partial charge is 0.310 e. The molecule has 270 valence electrons. The molecule has 0 heterocycles. The predicted molar refractivity (Wildman–Crippen MR) is 238 cm³/mol. The summed E-state index contributed by atoms with van der Waals surface area (Å²) in [5, 5.41) is 0. The van der Waals surface area contributed by atoms with Crippen LogP contribution in [-0.2, 0) is 6.42 Å². The lowest BCUT2D eigenvalue weighted by Gasteiger charge is -2.30. The van der Waals surface area contributed by atoms with Crippen molar-refractivity contribution < 1.29 is 0 Å². The van der Waals surface area contributed by atoms with Gasteiger partial charge in [-0.1, -0.05) is 154 Å². The Hall–Kier alpha value is -6.28. The zero-order valence-electron chi connectivity index (χ0n) is 33.0. The summed E-state index contributed by atoms with van der Waals surface area (Å²) in [6.45, 7) is 25.1. The summed E-state index contributed by atoms with van der Waals surface area (Å²) in [5.41, 5.74) is 15.7. The van der Waals surface area contributed by atoms with Gasteiger partial charge in [0.25, 0.3) is 0 Å². The highest BCUT2D eigenvalue weighted by atomic mass is 15.1. The summed E-state index contributed by atoms with van der Waals surface area (Å²) >= 11 is 0. The van der Waals surface area contributed by atoms with Crippen molar-refractivity contribution in [2.24, 2.45) is 0 Å². The lowest BCUT2D eigenvalue weighted by molar-refractivity contribution is 0.795. The normalized spacial score (nSPS) is 12.4. The lowest BCUT2D eigenvalue weighted by atomic mass is 9.86. The number of allylic oxidation sites excluding steroid dienone is 11. The molecule has 4 rings (SSSR count). The third-order valence-corrected chi connectivity index (χ3v) is 9.57. The summed E-state index contributed by atoms with van der Waals surface area (Å²) in [4.78, 5) is 2.29. The van der Waals surface area contributed by atoms with Crippen LogP contribution in [0.4, 0.5) is 11.4 Å². The second-order valence-electron chi connectivity index (χ2n) is 13.3. The zero-order chi connectivity index (χ0) is 39.0. The van der Waals surface area contributed by atoms with E-state index in [2.05, 4.69) is 180 Å². The van der Waals surface area contributed by atoms with E-state index in [1.54, 1.807) is 12.2 Å². The molecule has 4 aromatic rings. The first-order chi connectivity index (χ1) is 26.2. The monoisotopic (exact) mass is 703 g/mol. The molecule has 0 saturated heterocycles. The minimum atomic E-state index is 0.838. The van der Waals surface area contributed by atoms with Crippen molar-refractivity contribution in [3.63, 3.8) is 0 Å². The van der Waals surface area contributed by atoms with Gasteiger partial charge in [0, 0.05) is 33.8 Å². The molecular weight excluding hydrogens is 651 g/mol. The van der Waals surface area contributed by atoms with Gasteiger partial charge in [0.1, 0.15) is 0 Å². The van der Waals surface area contributed by atoms with Gasteiger partial charge < -0.3 is 4.90 Å². The highest BCUT2D eigenvalue weighted by Gasteiger charge is 2.20. The van der Waals surface area contributed by atoms with Gasteiger partial charge in [0.2, 0.25) is 0 Å². The summed E-state index contributed by atoms with van der Waals surface area (Å²) in [6, 6.07) is 32.1. The van der Waals surface area contributed by atoms with E-state index in [0.29, 0.717) is 0 Å². The maximum absolute atomic E-state index is 6.38. The molecule has 1 heteroatoms. The molecule has 0 bridgehead atoms. The fourth-order valence-corrected chi connectivity index (χ4v) is 6.65. The Kier molecular flexibility index (Phi) is 15.1. The quantitative estimate of drug-likeness (QED) is 0.0933. The van der Waals surface area contributed by atoms with Crippen LogP contribution in [0.15, 0.2) is 169 Å². The first-order valence-electron chi connectivity index (χ1n) is 18.7. The van der Waals surface area contributed by atoms with E-state index in [0.717, 1.165) is 97.6 Å². The number of nitrogens with zero attached hydrogens (tertiary/aromatic N) is 1. The molecule has 0 fully saturated rings. The Balaban J connectivity index is 2.00. The molecule has 0 aliphatic heterocycles. The van der Waals surface area contributed by atoms with Gasteiger partial charge in [-0.2, -0.15) is 0 Å². The van der Waals surface area contributed by atoms with E-state index in [4.69, 9.17) is 6.42 Å². The molecule has 0 saturated carbocycles. The molecule has 0 aliphatic carbocycles. The minimum Gasteiger partial charge on any atom is -0.310 e. The Morgan fingerprint density at radius 3 is 2.20 bits per heavy atom. The van der Waals surface area contributed by atoms with Crippen LogP contribution in [0.25, 0.3) is 17.3 Å². The molecule has 0 unspecified atom stereocenters. The molecule has 0 spiro atoms. The summed E-state index contributed by atoms with van der Waals surface area (Å²) in [6.07, 6.45) is 23.4. The molecule has 0 atom stereocenters. The molecule has 54 heavy (non-hydrogen) atoms. The van der Waals surface area contributed by atoms with Crippen LogP contribution in [0.2, 0.25) is 0 Å². The second kappa shape index (κ2) is 20.1. The number of para-hydroxylation sites is 1. The smallest absolute Gasteiger partial charge is 0.0493 e. The van der Waals surface area contributed by atoms with Crippen LogP contribution in [0.1, 0.15) is 79.5 Å². The van der Waals surface area contributed by atoms with Crippen LogP contribution < -0.4 is 4.90 Å². The topological polar surface area (TPSA) is 3.24 Å². The number of anilines is 2. The van der Waals surface area contributed by atoms with Crippen molar-refractivity contribution in [2.75, 3.05) is 4.90 Å². The number of terminal acetylenes is 1. The standard InChI is InChI=1S/C53H53N/c1-11-16-25-45-29-22-23-31-52(45)54(43(10)44-27-20-19-21-28-44)49-36-34-46(35-37-49)53(50(15-5)39(6)24-14-4)42(9)47(26-17-12-2)38-48-33-32-40(7)51(41(48)8)30-18-13-3/h5,12-14,17,19-24,26-29,31-38H,2-3,10-11,16,25H2,1,4,6-9H3/b24-14-,26-17-,47-38?,50-39+,53-42-. The third kappa shape index (κ3) is 9.77. The molecule has 0 N–H and O–H groups in total. The number of rotatable bonds is 14. The van der Waals surface area contributed by atoms with E-state index < -0.39 is 0 Å². The van der Waals surface area contributed by atoms with Gasteiger partial charge in [-0.3, -0.25) is 0 Å². The number of aryl methyl sites for hydroxylation is 2. The average Bonchev–Trinajstić information content (AvgIpc) is 3.19. The van der Waals surface area contributed by atoms with E-state index in [1.165, 1.54) is 5.56 Å². The van der Waals surface area contributed by atoms with Crippen molar-refractivity contribution in [1.82, 2.24) is 0 Å². The molecule has 0 radical (unpaired) electrons. The maximum atomic E-state index is 6.38. The molecular formula is C53H53N. The SMILES string of the molecule is C#CC(/C(=C(/C)C(=Cc1ccc(C)c(C#CC=C)c1C)/C=C\C=C)c1ccc(N(C(=C)c2ccccc2)c2ccccc2CCCC)cc1)=C(C)\C=C/C. The van der Waals surface area contributed by atoms with E-state index in [-0.39, 0.29) is 0 Å². The van der Waals surface area contributed by atoms with Crippen molar-refractivity contribution in [3.05, 3.63) is 208 Å². The average molecular weight is 704 g/mol. The molecule has 0 aliphatic rings. The Morgan fingerprint density at radius 2 is 1.56 bits per heavy atom. The highest BCUT2D eigenvalue weighted by molar-refractivity contribution is 5.92. The summed E-state index contributed by atoms with van der Waals surface area (Å²) in [7, 11) is 0. The molecule has 0 aromatic heterocycles. The number of hydrogen-bond donors (Lipinski definition) is 0. The lowest BCUT2D eigenvalue weighted by Crippen LogP contribution is -2.16. The molecule has 0 amide bonds. The van der Waals surface area contributed by atoms with Crippen molar-refractivity contribution in [3.8, 4) is 24.2 Å². The van der Waals surface area contributed by atoms with Gasteiger partial charge >= 0.3 is 0 Å². The molecule has 4 aromatic carbocycles. The predicted octanol–water partition coefficient (Wildman–Crippen LogP) is 14.1. The van der Waals surface area contributed by atoms with Gasteiger partial charge in [-0.15, -0.1) is 6.42 Å². The minimum absolute atomic E-state index is 0.838.